The predicted octanol–water partition coefficient (Wildman–Crippen LogP) is 1.98. The number of rotatable bonds is 4. The molecule has 0 unspecified atom stereocenters. The molecule has 104 valence electrons. The van der Waals surface area contributed by atoms with E-state index in [-0.39, 0.29) is 9.88 Å². The van der Waals surface area contributed by atoms with Gasteiger partial charge in [0.2, 0.25) is 0 Å². The van der Waals surface area contributed by atoms with Gasteiger partial charge in [0, 0.05) is 11.6 Å². The number of amides is 1. The van der Waals surface area contributed by atoms with Gasteiger partial charge in [-0.3, -0.25) is 19.7 Å². The highest BCUT2D eigenvalue weighted by atomic mass is 32.1. The molecule has 0 spiro atoms. The summed E-state index contributed by atoms with van der Waals surface area (Å²) >= 11 is 0.737. The van der Waals surface area contributed by atoms with Crippen molar-refractivity contribution in [2.75, 3.05) is 6.54 Å². The highest BCUT2D eigenvalue weighted by Crippen LogP contribution is 2.27. The molecule has 0 saturated heterocycles. The summed E-state index contributed by atoms with van der Waals surface area (Å²) in [5.74, 6) is -1.65. The zero-order valence-corrected chi connectivity index (χ0v) is 11.6. The molecule has 0 bridgehead atoms. The van der Waals surface area contributed by atoms with E-state index < -0.39 is 28.9 Å². The highest BCUT2D eigenvalue weighted by molar-refractivity contribution is 7.17. The van der Waals surface area contributed by atoms with Crippen molar-refractivity contribution >= 4 is 28.2 Å². The molecule has 1 N–H and O–H groups in total. The van der Waals surface area contributed by atoms with Crippen LogP contribution in [0.5, 0.6) is 0 Å². The largest absolute Gasteiger partial charge is 0.480 e. The molecule has 0 aliphatic rings. The van der Waals surface area contributed by atoms with Crippen LogP contribution in [-0.4, -0.2) is 38.9 Å². The van der Waals surface area contributed by atoms with Crippen LogP contribution < -0.4 is 0 Å². The second-order valence-corrected chi connectivity index (χ2v) is 5.91. The van der Waals surface area contributed by atoms with Crippen LogP contribution in [0.3, 0.4) is 0 Å². The summed E-state index contributed by atoms with van der Waals surface area (Å²) in [6.07, 6.45) is 0. The van der Waals surface area contributed by atoms with Gasteiger partial charge in [0.15, 0.2) is 0 Å². The van der Waals surface area contributed by atoms with Crippen LogP contribution in [0.1, 0.15) is 30.4 Å². The fourth-order valence-electron chi connectivity index (χ4n) is 1.42. The third kappa shape index (κ3) is 3.75. The lowest BCUT2D eigenvalue weighted by Crippen LogP contribution is -2.48. The van der Waals surface area contributed by atoms with Crippen LogP contribution >= 0.6 is 11.3 Å². The van der Waals surface area contributed by atoms with Gasteiger partial charge < -0.3 is 10.0 Å². The third-order valence-corrected chi connectivity index (χ3v) is 3.36. The standard InChI is InChI=1S/C11H14N2O5S/c1-11(2,3)12(6-9(14)15)10(16)7-4-5-8(19-7)13(17)18/h4-5H,6H2,1-3H3,(H,14,15). The monoisotopic (exact) mass is 286 g/mol. The van der Waals surface area contributed by atoms with Crippen molar-refractivity contribution in [2.45, 2.75) is 26.3 Å². The second-order valence-electron chi connectivity index (χ2n) is 4.85. The lowest BCUT2D eigenvalue weighted by atomic mass is 10.1. The van der Waals surface area contributed by atoms with E-state index in [0.29, 0.717) is 0 Å². The van der Waals surface area contributed by atoms with Gasteiger partial charge in [-0.05, 0) is 26.8 Å². The molecular formula is C11H14N2O5S. The number of hydrogen-bond donors (Lipinski definition) is 1. The minimum Gasteiger partial charge on any atom is -0.480 e. The SMILES string of the molecule is CC(C)(C)N(CC(=O)O)C(=O)c1ccc([N+](=O)[O-])s1. The third-order valence-electron chi connectivity index (χ3n) is 2.33. The first-order valence-electron chi connectivity index (χ1n) is 5.41. The summed E-state index contributed by atoms with van der Waals surface area (Å²) in [6.45, 7) is 4.66. The highest BCUT2D eigenvalue weighted by Gasteiger charge is 2.30. The Bertz CT molecular complexity index is 517. The van der Waals surface area contributed by atoms with Gasteiger partial charge in [0.1, 0.15) is 6.54 Å². The predicted molar refractivity (Wildman–Crippen MR) is 69.4 cm³/mol. The maximum absolute atomic E-state index is 12.2. The molecule has 8 heteroatoms. The number of carbonyl (C=O) groups excluding carboxylic acids is 1. The number of nitro groups is 1. The molecule has 1 heterocycles. The summed E-state index contributed by atoms with van der Waals surface area (Å²) in [6, 6.07) is 2.57. The average Bonchev–Trinajstić information content (AvgIpc) is 2.72. The number of carboxylic acid groups (broad SMARTS) is 1. The molecule has 0 saturated carbocycles. The Kier molecular flexibility index (Phi) is 4.25. The molecule has 1 aromatic heterocycles. The number of carbonyl (C=O) groups is 2. The van der Waals surface area contributed by atoms with E-state index in [2.05, 4.69) is 0 Å². The molecule has 0 atom stereocenters. The van der Waals surface area contributed by atoms with E-state index in [4.69, 9.17) is 5.11 Å². The fraction of sp³-hybridized carbons (Fsp3) is 0.455. The minimum atomic E-state index is -1.13. The second kappa shape index (κ2) is 5.35. The fourth-order valence-corrected chi connectivity index (χ4v) is 2.19. The zero-order chi connectivity index (χ0) is 14.8. The molecule has 19 heavy (non-hydrogen) atoms. The summed E-state index contributed by atoms with van der Waals surface area (Å²) in [4.78, 5) is 34.3. The minimum absolute atomic E-state index is 0.146. The summed E-state index contributed by atoms with van der Waals surface area (Å²) in [7, 11) is 0. The van der Waals surface area contributed by atoms with Crippen molar-refractivity contribution in [3.63, 3.8) is 0 Å². The molecule has 1 aromatic rings. The van der Waals surface area contributed by atoms with Gasteiger partial charge in [-0.25, -0.2) is 0 Å². The van der Waals surface area contributed by atoms with E-state index in [1.165, 1.54) is 17.0 Å². The lowest BCUT2D eigenvalue weighted by molar-refractivity contribution is -0.380. The topological polar surface area (TPSA) is 101 Å². The first-order chi connectivity index (χ1) is 8.62. The van der Waals surface area contributed by atoms with E-state index in [1.54, 1.807) is 20.8 Å². The first kappa shape index (κ1) is 15.1. The van der Waals surface area contributed by atoms with Crippen LogP contribution in [0.25, 0.3) is 0 Å². The van der Waals surface area contributed by atoms with Gasteiger partial charge in [0.05, 0.1) is 9.80 Å². The summed E-state index contributed by atoms with van der Waals surface area (Å²) in [5, 5.41) is 19.3. The van der Waals surface area contributed by atoms with Crippen molar-refractivity contribution in [3.8, 4) is 0 Å². The molecule has 0 radical (unpaired) electrons. The summed E-state index contributed by atoms with van der Waals surface area (Å²) < 4.78 is 0. The van der Waals surface area contributed by atoms with E-state index >= 15 is 0 Å². The van der Waals surface area contributed by atoms with Crippen LogP contribution in [0.4, 0.5) is 5.00 Å². The Labute approximate surface area is 113 Å². The Morgan fingerprint density at radius 3 is 2.37 bits per heavy atom. The van der Waals surface area contributed by atoms with Gasteiger partial charge in [-0.2, -0.15) is 0 Å². The first-order valence-corrected chi connectivity index (χ1v) is 6.22. The molecule has 0 aromatic carbocycles. The molecular weight excluding hydrogens is 272 g/mol. The van der Waals surface area contributed by atoms with Gasteiger partial charge in [-0.1, -0.05) is 11.3 Å². The molecule has 7 nitrogen and oxygen atoms in total. The number of carboxylic acids is 1. The smallest absolute Gasteiger partial charge is 0.324 e. The maximum atomic E-state index is 12.2. The maximum Gasteiger partial charge on any atom is 0.324 e. The normalized spacial score (nSPS) is 11.1. The number of aliphatic carboxylic acids is 1. The number of nitrogens with zero attached hydrogens (tertiary/aromatic N) is 2. The van der Waals surface area contributed by atoms with Crippen LogP contribution in [0.15, 0.2) is 12.1 Å². The quantitative estimate of drug-likeness (QED) is 0.673. The number of thiophene rings is 1. The lowest BCUT2D eigenvalue weighted by Gasteiger charge is -2.34. The van der Waals surface area contributed by atoms with Gasteiger partial charge in [-0.15, -0.1) is 0 Å². The van der Waals surface area contributed by atoms with Crippen molar-refractivity contribution < 1.29 is 19.6 Å². The molecule has 0 aliphatic heterocycles. The van der Waals surface area contributed by atoms with Gasteiger partial charge >= 0.3 is 11.0 Å². The Balaban J connectivity index is 3.05. The molecule has 1 amide bonds. The van der Waals surface area contributed by atoms with Crippen molar-refractivity contribution in [1.82, 2.24) is 4.90 Å². The van der Waals surface area contributed by atoms with Crippen molar-refractivity contribution in [1.29, 1.82) is 0 Å². The Hall–Kier alpha value is -1.96. The zero-order valence-electron chi connectivity index (χ0n) is 10.7. The average molecular weight is 286 g/mol. The Morgan fingerprint density at radius 1 is 1.42 bits per heavy atom. The molecule has 0 fully saturated rings. The van der Waals surface area contributed by atoms with Crippen LogP contribution in [0.2, 0.25) is 0 Å². The van der Waals surface area contributed by atoms with Crippen LogP contribution in [-0.2, 0) is 4.79 Å². The van der Waals surface area contributed by atoms with Crippen molar-refractivity contribution in [2.24, 2.45) is 0 Å². The van der Waals surface area contributed by atoms with E-state index in [1.807, 2.05) is 0 Å². The molecule has 1 rings (SSSR count). The summed E-state index contributed by atoms with van der Waals surface area (Å²) in [5.41, 5.74) is -0.686. The van der Waals surface area contributed by atoms with E-state index in [0.717, 1.165) is 11.3 Å². The van der Waals surface area contributed by atoms with Crippen molar-refractivity contribution in [3.05, 3.63) is 27.1 Å². The van der Waals surface area contributed by atoms with Crippen LogP contribution in [0, 0.1) is 10.1 Å². The number of hydrogen-bond acceptors (Lipinski definition) is 5. The Morgan fingerprint density at radius 2 is 2.00 bits per heavy atom. The van der Waals surface area contributed by atoms with Gasteiger partial charge in [0.25, 0.3) is 5.91 Å². The molecule has 0 aliphatic carbocycles. The van der Waals surface area contributed by atoms with E-state index in [9.17, 15) is 19.7 Å².